The molecule has 0 aromatic heterocycles. The number of carbonyl (C=O) groups is 2. The summed E-state index contributed by atoms with van der Waals surface area (Å²) in [7, 11) is 0. The first kappa shape index (κ1) is 19.8. The second-order valence-electron chi connectivity index (χ2n) is 6.31. The number of carbonyl (C=O) groups excluding carboxylic acids is 2. The van der Waals surface area contributed by atoms with Gasteiger partial charge in [-0.25, -0.2) is 5.43 Å². The Balaban J connectivity index is 1.87. The van der Waals surface area contributed by atoms with Crippen LogP contribution in [0.3, 0.4) is 0 Å². The number of nitrogens with zero attached hydrogens (tertiary/aromatic N) is 2. The second kappa shape index (κ2) is 9.28. The number of hydrogen-bond acceptors (Lipinski definition) is 5. The molecule has 2 amide bonds. The molecule has 1 aromatic carbocycles. The van der Waals surface area contributed by atoms with Gasteiger partial charge in [-0.05, 0) is 31.9 Å². The van der Waals surface area contributed by atoms with E-state index in [-0.39, 0.29) is 34.6 Å². The number of hydrazone groups is 1. The van der Waals surface area contributed by atoms with Gasteiger partial charge in [0, 0.05) is 23.4 Å². The van der Waals surface area contributed by atoms with Gasteiger partial charge in [-0.3, -0.25) is 19.7 Å². The van der Waals surface area contributed by atoms with E-state index in [4.69, 9.17) is 11.6 Å². The molecule has 140 valence electrons. The molecule has 0 atom stereocenters. The highest BCUT2D eigenvalue weighted by molar-refractivity contribution is 6.32. The third kappa shape index (κ3) is 5.80. The molecule has 2 rings (SSSR count). The fourth-order valence-electron chi connectivity index (χ4n) is 2.81. The molecule has 1 aromatic rings. The normalized spacial score (nSPS) is 15.4. The van der Waals surface area contributed by atoms with Gasteiger partial charge in [0.25, 0.3) is 5.69 Å². The largest absolute Gasteiger partial charge is 0.326 e. The predicted octanol–water partition coefficient (Wildman–Crippen LogP) is 3.65. The lowest BCUT2D eigenvalue weighted by Crippen LogP contribution is -2.29. The molecular weight excluding hydrogens is 360 g/mol. The van der Waals surface area contributed by atoms with Crippen molar-refractivity contribution in [2.75, 3.05) is 5.32 Å². The summed E-state index contributed by atoms with van der Waals surface area (Å²) in [6, 6.07) is 4.02. The lowest BCUT2D eigenvalue weighted by Gasteiger charge is -2.19. The van der Waals surface area contributed by atoms with Crippen molar-refractivity contribution in [3.05, 3.63) is 33.3 Å². The molecule has 9 heteroatoms. The average Bonchev–Trinajstić information content (AvgIpc) is 2.61. The number of anilines is 1. The van der Waals surface area contributed by atoms with E-state index in [0.717, 1.165) is 32.1 Å². The molecule has 0 spiro atoms. The number of nitro groups is 1. The highest BCUT2D eigenvalue weighted by Crippen LogP contribution is 2.27. The first-order valence-corrected chi connectivity index (χ1v) is 8.81. The summed E-state index contributed by atoms with van der Waals surface area (Å²) in [5.74, 6) is -0.517. The van der Waals surface area contributed by atoms with Crippen molar-refractivity contribution in [1.82, 2.24) is 5.43 Å². The molecule has 1 saturated carbocycles. The number of benzene rings is 1. The lowest BCUT2D eigenvalue weighted by molar-refractivity contribution is -0.384. The Morgan fingerprint density at radius 3 is 2.65 bits per heavy atom. The topological polar surface area (TPSA) is 114 Å². The van der Waals surface area contributed by atoms with Crippen LogP contribution in [0.2, 0.25) is 5.02 Å². The molecule has 26 heavy (non-hydrogen) atoms. The van der Waals surface area contributed by atoms with Crippen molar-refractivity contribution in [2.45, 2.75) is 45.4 Å². The molecule has 0 aliphatic heterocycles. The SMILES string of the molecule is C/C(CC(=O)Nc1ccc(Cl)c([N+](=O)[O-])c1)=N\NC(=O)C1CCCCC1. The molecule has 2 N–H and O–H groups in total. The Labute approximate surface area is 156 Å². The summed E-state index contributed by atoms with van der Waals surface area (Å²) in [5.41, 5.74) is 2.94. The van der Waals surface area contributed by atoms with Crippen LogP contribution in [0.1, 0.15) is 45.4 Å². The number of halogens is 1. The monoisotopic (exact) mass is 380 g/mol. The summed E-state index contributed by atoms with van der Waals surface area (Å²) in [6.07, 6.45) is 4.97. The maximum atomic E-state index is 12.0. The van der Waals surface area contributed by atoms with Gasteiger partial charge >= 0.3 is 0 Å². The Kier molecular flexibility index (Phi) is 7.08. The first-order valence-electron chi connectivity index (χ1n) is 8.43. The molecule has 1 aliphatic rings. The van der Waals surface area contributed by atoms with E-state index in [1.807, 2.05) is 0 Å². The Morgan fingerprint density at radius 2 is 2.00 bits per heavy atom. The maximum Gasteiger partial charge on any atom is 0.289 e. The Morgan fingerprint density at radius 1 is 1.31 bits per heavy atom. The van der Waals surface area contributed by atoms with Crippen LogP contribution in [0.4, 0.5) is 11.4 Å². The first-order chi connectivity index (χ1) is 12.4. The highest BCUT2D eigenvalue weighted by atomic mass is 35.5. The van der Waals surface area contributed by atoms with Gasteiger partial charge < -0.3 is 5.32 Å². The molecule has 8 nitrogen and oxygen atoms in total. The van der Waals surface area contributed by atoms with Crippen LogP contribution in [0, 0.1) is 16.0 Å². The fraction of sp³-hybridized carbons (Fsp3) is 0.471. The van der Waals surface area contributed by atoms with Gasteiger partial charge in [-0.15, -0.1) is 0 Å². The molecule has 0 saturated heterocycles. The van der Waals surface area contributed by atoms with Crippen LogP contribution in [-0.4, -0.2) is 22.4 Å². The van der Waals surface area contributed by atoms with Crippen LogP contribution >= 0.6 is 11.6 Å². The number of rotatable bonds is 6. The van der Waals surface area contributed by atoms with Gasteiger partial charge in [0.05, 0.1) is 11.3 Å². The van der Waals surface area contributed by atoms with E-state index < -0.39 is 10.8 Å². The van der Waals surface area contributed by atoms with Crippen LogP contribution in [-0.2, 0) is 9.59 Å². The Bertz CT molecular complexity index is 729. The van der Waals surface area contributed by atoms with Crippen LogP contribution in [0.5, 0.6) is 0 Å². The summed E-state index contributed by atoms with van der Waals surface area (Å²) < 4.78 is 0. The third-order valence-electron chi connectivity index (χ3n) is 4.18. The van der Waals surface area contributed by atoms with Gasteiger partial charge in [-0.1, -0.05) is 30.9 Å². The molecule has 1 fully saturated rings. The molecule has 0 radical (unpaired) electrons. The quantitative estimate of drug-likeness (QED) is 0.445. The van der Waals surface area contributed by atoms with Crippen molar-refractivity contribution in [1.29, 1.82) is 0 Å². The minimum atomic E-state index is -0.620. The predicted molar refractivity (Wildman–Crippen MR) is 99.2 cm³/mol. The van der Waals surface area contributed by atoms with Crippen molar-refractivity contribution in [3.63, 3.8) is 0 Å². The van der Waals surface area contributed by atoms with E-state index in [0.29, 0.717) is 5.71 Å². The standard InChI is InChI=1S/C17H21ClN4O4/c1-11(20-21-17(24)12-5-3-2-4-6-12)9-16(23)19-13-7-8-14(18)15(10-13)22(25)26/h7-8,10,12H,2-6,9H2,1H3,(H,19,23)(H,21,24)/b20-11+. The number of nitrogens with one attached hydrogen (secondary N) is 2. The van der Waals surface area contributed by atoms with E-state index in [1.165, 1.54) is 18.2 Å². The van der Waals surface area contributed by atoms with Crippen molar-refractivity contribution in [2.24, 2.45) is 11.0 Å². The summed E-state index contributed by atoms with van der Waals surface area (Å²) in [5, 5.41) is 17.4. The van der Waals surface area contributed by atoms with Gasteiger partial charge in [-0.2, -0.15) is 5.10 Å². The summed E-state index contributed by atoms with van der Waals surface area (Å²) in [6.45, 7) is 1.63. The summed E-state index contributed by atoms with van der Waals surface area (Å²) in [4.78, 5) is 34.3. The van der Waals surface area contributed by atoms with E-state index >= 15 is 0 Å². The minimum Gasteiger partial charge on any atom is -0.326 e. The number of hydrogen-bond donors (Lipinski definition) is 2. The van der Waals surface area contributed by atoms with Crippen LogP contribution < -0.4 is 10.7 Å². The van der Waals surface area contributed by atoms with Crippen LogP contribution in [0.25, 0.3) is 0 Å². The third-order valence-corrected chi connectivity index (χ3v) is 4.50. The molecule has 0 heterocycles. The molecule has 0 bridgehead atoms. The zero-order valence-corrected chi connectivity index (χ0v) is 15.2. The summed E-state index contributed by atoms with van der Waals surface area (Å²) >= 11 is 5.73. The van der Waals surface area contributed by atoms with Crippen LogP contribution in [0.15, 0.2) is 23.3 Å². The average molecular weight is 381 g/mol. The molecule has 1 aliphatic carbocycles. The fourth-order valence-corrected chi connectivity index (χ4v) is 3.00. The molecule has 0 unspecified atom stereocenters. The number of nitro benzene ring substituents is 1. The van der Waals surface area contributed by atoms with Crippen molar-refractivity contribution < 1.29 is 14.5 Å². The minimum absolute atomic E-state index is 0.00355. The van der Waals surface area contributed by atoms with E-state index in [2.05, 4.69) is 15.8 Å². The zero-order chi connectivity index (χ0) is 19.1. The van der Waals surface area contributed by atoms with E-state index in [9.17, 15) is 19.7 Å². The van der Waals surface area contributed by atoms with Gasteiger partial charge in [0.1, 0.15) is 5.02 Å². The van der Waals surface area contributed by atoms with Gasteiger partial charge in [0.2, 0.25) is 11.8 Å². The second-order valence-corrected chi connectivity index (χ2v) is 6.71. The number of amides is 2. The smallest absolute Gasteiger partial charge is 0.289 e. The van der Waals surface area contributed by atoms with Crippen molar-refractivity contribution in [3.8, 4) is 0 Å². The van der Waals surface area contributed by atoms with Gasteiger partial charge in [0.15, 0.2) is 0 Å². The zero-order valence-electron chi connectivity index (χ0n) is 14.5. The lowest BCUT2D eigenvalue weighted by atomic mass is 9.89. The highest BCUT2D eigenvalue weighted by Gasteiger charge is 2.20. The van der Waals surface area contributed by atoms with Crippen molar-refractivity contribution >= 4 is 40.5 Å². The molecular formula is C17H21ClN4O4. The van der Waals surface area contributed by atoms with E-state index in [1.54, 1.807) is 6.92 Å². The maximum absolute atomic E-state index is 12.0. The Hall–Kier alpha value is -2.48.